The Balaban J connectivity index is 1.96. The minimum atomic E-state index is -0.615. The molecule has 0 bridgehead atoms. The minimum absolute atomic E-state index is 0.174. The highest BCUT2D eigenvalue weighted by Gasteiger charge is 2.23. The number of aryl methyl sites for hydroxylation is 1. The first-order valence-electron chi connectivity index (χ1n) is 6.80. The molecule has 2 aromatic heterocycles. The van der Waals surface area contributed by atoms with Gasteiger partial charge in [0.05, 0.1) is 10.4 Å². The summed E-state index contributed by atoms with van der Waals surface area (Å²) in [5, 5.41) is 15.7. The van der Waals surface area contributed by atoms with E-state index in [-0.39, 0.29) is 11.4 Å². The molecule has 0 saturated carbocycles. The van der Waals surface area contributed by atoms with Crippen molar-refractivity contribution in [1.82, 2.24) is 14.8 Å². The van der Waals surface area contributed by atoms with E-state index in [9.17, 15) is 14.9 Å². The Bertz CT molecular complexity index is 938. The topological polar surface area (TPSA) is 90.9 Å². The SMILES string of the molecule is Cn1cc([N+](=O)[O-])c(C(=O)/C=C/c2ccnc3ccccc23)n1. The summed E-state index contributed by atoms with van der Waals surface area (Å²) in [4.78, 5) is 26.8. The molecule has 0 fully saturated rings. The lowest BCUT2D eigenvalue weighted by molar-refractivity contribution is -0.385. The first kappa shape index (κ1) is 14.6. The predicted molar refractivity (Wildman–Crippen MR) is 85.0 cm³/mol. The molecule has 0 radical (unpaired) electrons. The number of nitrogens with zero attached hydrogens (tertiary/aromatic N) is 4. The Labute approximate surface area is 131 Å². The molecule has 3 rings (SSSR count). The van der Waals surface area contributed by atoms with Gasteiger partial charge in [0.1, 0.15) is 6.20 Å². The fourth-order valence-electron chi connectivity index (χ4n) is 2.29. The van der Waals surface area contributed by atoms with Crippen molar-refractivity contribution in [3.8, 4) is 0 Å². The van der Waals surface area contributed by atoms with Crippen LogP contribution in [0.4, 0.5) is 5.69 Å². The molecule has 7 heteroatoms. The van der Waals surface area contributed by atoms with Crippen molar-refractivity contribution in [1.29, 1.82) is 0 Å². The molecule has 3 aromatic rings. The second-order valence-electron chi connectivity index (χ2n) is 4.91. The number of hydrogen-bond acceptors (Lipinski definition) is 5. The van der Waals surface area contributed by atoms with Gasteiger partial charge >= 0.3 is 5.69 Å². The minimum Gasteiger partial charge on any atom is -0.287 e. The number of benzene rings is 1. The number of ketones is 1. The second kappa shape index (κ2) is 5.80. The molecule has 23 heavy (non-hydrogen) atoms. The molecule has 0 aliphatic rings. The highest BCUT2D eigenvalue weighted by Crippen LogP contribution is 2.20. The van der Waals surface area contributed by atoms with Crippen LogP contribution in [0.25, 0.3) is 17.0 Å². The summed E-state index contributed by atoms with van der Waals surface area (Å²) in [6.07, 6.45) is 5.76. The molecule has 0 saturated heterocycles. The van der Waals surface area contributed by atoms with E-state index in [4.69, 9.17) is 0 Å². The average molecular weight is 308 g/mol. The van der Waals surface area contributed by atoms with E-state index in [1.165, 1.54) is 24.0 Å². The Kier molecular flexibility index (Phi) is 3.68. The number of rotatable bonds is 4. The molecule has 0 aliphatic carbocycles. The van der Waals surface area contributed by atoms with Crippen molar-refractivity contribution in [3.05, 3.63) is 70.2 Å². The third-order valence-electron chi connectivity index (χ3n) is 3.34. The van der Waals surface area contributed by atoms with Crippen LogP contribution in [0.5, 0.6) is 0 Å². The lowest BCUT2D eigenvalue weighted by Gasteiger charge is -2.00. The van der Waals surface area contributed by atoms with Crippen LogP contribution in [0.15, 0.2) is 48.8 Å². The quantitative estimate of drug-likeness (QED) is 0.320. The van der Waals surface area contributed by atoms with Gasteiger partial charge in [0.25, 0.3) is 0 Å². The molecule has 0 atom stereocenters. The van der Waals surface area contributed by atoms with E-state index in [1.807, 2.05) is 24.3 Å². The fraction of sp³-hybridized carbons (Fsp3) is 0.0625. The monoisotopic (exact) mass is 308 g/mol. The molecular weight excluding hydrogens is 296 g/mol. The number of fused-ring (bicyclic) bond motifs is 1. The van der Waals surface area contributed by atoms with Crippen LogP contribution in [0.1, 0.15) is 16.1 Å². The third kappa shape index (κ3) is 2.84. The van der Waals surface area contributed by atoms with Gasteiger partial charge in [0, 0.05) is 18.6 Å². The highest BCUT2D eigenvalue weighted by atomic mass is 16.6. The van der Waals surface area contributed by atoms with E-state index in [0.29, 0.717) is 0 Å². The van der Waals surface area contributed by atoms with Crippen molar-refractivity contribution < 1.29 is 9.72 Å². The maximum absolute atomic E-state index is 12.2. The third-order valence-corrected chi connectivity index (χ3v) is 3.34. The summed E-state index contributed by atoms with van der Waals surface area (Å²) in [6, 6.07) is 9.31. The number of aromatic nitrogens is 3. The number of nitro groups is 1. The zero-order valence-corrected chi connectivity index (χ0v) is 12.2. The molecule has 0 amide bonds. The average Bonchev–Trinajstić information content (AvgIpc) is 2.95. The highest BCUT2D eigenvalue weighted by molar-refractivity contribution is 6.08. The number of allylic oxidation sites excluding steroid dienone is 1. The van der Waals surface area contributed by atoms with Crippen molar-refractivity contribution in [2.75, 3.05) is 0 Å². The largest absolute Gasteiger partial charge is 0.318 e. The van der Waals surface area contributed by atoms with Crippen molar-refractivity contribution in [2.45, 2.75) is 0 Å². The molecule has 0 N–H and O–H groups in total. The van der Waals surface area contributed by atoms with Gasteiger partial charge in [0.2, 0.25) is 11.5 Å². The van der Waals surface area contributed by atoms with E-state index in [1.54, 1.807) is 18.3 Å². The zero-order valence-electron chi connectivity index (χ0n) is 12.2. The van der Waals surface area contributed by atoms with Crippen molar-refractivity contribution in [3.63, 3.8) is 0 Å². The molecule has 114 valence electrons. The molecule has 0 aliphatic heterocycles. The van der Waals surface area contributed by atoms with E-state index < -0.39 is 10.7 Å². The van der Waals surface area contributed by atoms with Gasteiger partial charge < -0.3 is 0 Å². The standard InChI is InChI=1S/C16H12N4O3/c1-19-10-14(20(22)23)16(18-19)15(21)7-6-11-8-9-17-13-5-3-2-4-12(11)13/h2-10H,1H3/b7-6+. The van der Waals surface area contributed by atoms with E-state index in [2.05, 4.69) is 10.1 Å². The Morgan fingerprint density at radius 3 is 2.87 bits per heavy atom. The molecule has 1 aromatic carbocycles. The van der Waals surface area contributed by atoms with Crippen LogP contribution in [0.2, 0.25) is 0 Å². The van der Waals surface area contributed by atoms with Gasteiger partial charge in [-0.3, -0.25) is 24.6 Å². The first-order chi connectivity index (χ1) is 11.1. The maximum atomic E-state index is 12.2. The molecule has 0 unspecified atom stereocenters. The van der Waals surface area contributed by atoms with Crippen molar-refractivity contribution >= 4 is 28.4 Å². The first-order valence-corrected chi connectivity index (χ1v) is 6.80. The summed E-state index contributed by atoms with van der Waals surface area (Å²) >= 11 is 0. The lowest BCUT2D eigenvalue weighted by atomic mass is 10.1. The Hall–Kier alpha value is -3.35. The summed E-state index contributed by atoms with van der Waals surface area (Å²) in [6.45, 7) is 0. The summed E-state index contributed by atoms with van der Waals surface area (Å²) in [7, 11) is 1.53. The van der Waals surface area contributed by atoms with Gasteiger partial charge in [-0.1, -0.05) is 24.3 Å². The molecule has 7 nitrogen and oxygen atoms in total. The van der Waals surface area contributed by atoms with Gasteiger partial charge in [0.15, 0.2) is 0 Å². The number of carbonyl (C=O) groups is 1. The number of para-hydroxylation sites is 1. The smallest absolute Gasteiger partial charge is 0.287 e. The Morgan fingerprint density at radius 2 is 2.09 bits per heavy atom. The van der Waals surface area contributed by atoms with E-state index >= 15 is 0 Å². The summed E-state index contributed by atoms with van der Waals surface area (Å²) < 4.78 is 1.25. The molecule has 2 heterocycles. The van der Waals surface area contributed by atoms with Crippen LogP contribution in [0, 0.1) is 10.1 Å². The lowest BCUT2D eigenvalue weighted by Crippen LogP contribution is -2.01. The van der Waals surface area contributed by atoms with Crippen LogP contribution in [0.3, 0.4) is 0 Å². The molecule has 0 spiro atoms. The molecular formula is C16H12N4O3. The van der Waals surface area contributed by atoms with Crippen LogP contribution in [-0.4, -0.2) is 25.5 Å². The van der Waals surface area contributed by atoms with Crippen LogP contribution < -0.4 is 0 Å². The van der Waals surface area contributed by atoms with Crippen LogP contribution >= 0.6 is 0 Å². The fourth-order valence-corrected chi connectivity index (χ4v) is 2.29. The number of carbonyl (C=O) groups excluding carboxylic acids is 1. The normalized spacial score (nSPS) is 11.2. The number of pyridine rings is 1. The second-order valence-corrected chi connectivity index (χ2v) is 4.91. The maximum Gasteiger partial charge on any atom is 0.318 e. The van der Waals surface area contributed by atoms with Gasteiger partial charge in [-0.05, 0) is 23.8 Å². The van der Waals surface area contributed by atoms with Gasteiger partial charge in [-0.15, -0.1) is 0 Å². The zero-order chi connectivity index (χ0) is 16.4. The van der Waals surface area contributed by atoms with Gasteiger partial charge in [-0.25, -0.2) is 0 Å². The van der Waals surface area contributed by atoms with E-state index in [0.717, 1.165) is 16.5 Å². The Morgan fingerprint density at radius 1 is 1.30 bits per heavy atom. The van der Waals surface area contributed by atoms with Crippen molar-refractivity contribution in [2.24, 2.45) is 7.05 Å². The summed E-state index contributed by atoms with van der Waals surface area (Å²) in [5.74, 6) is -0.516. The summed E-state index contributed by atoms with van der Waals surface area (Å²) in [5.41, 5.74) is 1.14. The van der Waals surface area contributed by atoms with Crippen LogP contribution in [-0.2, 0) is 7.05 Å². The van der Waals surface area contributed by atoms with Gasteiger partial charge in [-0.2, -0.15) is 5.10 Å². The number of hydrogen-bond donors (Lipinski definition) is 0. The predicted octanol–water partition coefficient (Wildman–Crippen LogP) is 2.77.